The highest BCUT2D eigenvalue weighted by atomic mass is 16.5. The fourth-order valence-electron chi connectivity index (χ4n) is 6.08. The lowest BCUT2D eigenvalue weighted by atomic mass is 10.0. The number of hydrogen-bond acceptors (Lipinski definition) is 5. The quantitative estimate of drug-likeness (QED) is 0.782. The van der Waals surface area contributed by atoms with E-state index in [-0.39, 0.29) is 12.1 Å². The van der Waals surface area contributed by atoms with E-state index in [0.29, 0.717) is 31.8 Å². The first-order chi connectivity index (χ1) is 16.2. The molecule has 0 spiro atoms. The highest BCUT2D eigenvalue weighted by Gasteiger charge is 2.40. The van der Waals surface area contributed by atoms with Gasteiger partial charge in [-0.3, -0.25) is 4.90 Å². The van der Waals surface area contributed by atoms with Gasteiger partial charge in [0.15, 0.2) is 0 Å². The molecule has 2 saturated heterocycles. The summed E-state index contributed by atoms with van der Waals surface area (Å²) in [7, 11) is 0. The molecule has 0 radical (unpaired) electrons. The fourth-order valence-corrected chi connectivity index (χ4v) is 6.08. The number of benzene rings is 1. The van der Waals surface area contributed by atoms with E-state index in [9.17, 15) is 4.79 Å². The van der Waals surface area contributed by atoms with E-state index in [2.05, 4.69) is 34.2 Å². The van der Waals surface area contributed by atoms with Gasteiger partial charge >= 0.3 is 6.03 Å². The van der Waals surface area contributed by atoms with Gasteiger partial charge in [-0.05, 0) is 37.1 Å². The Morgan fingerprint density at radius 2 is 1.94 bits per heavy atom. The maximum atomic E-state index is 13.1. The minimum Gasteiger partial charge on any atom is -0.493 e. The molecule has 7 heteroatoms. The summed E-state index contributed by atoms with van der Waals surface area (Å²) in [4.78, 5) is 25.3. The molecule has 2 aromatic rings. The van der Waals surface area contributed by atoms with Crippen LogP contribution in [-0.4, -0.2) is 65.7 Å². The third-order valence-electron chi connectivity index (χ3n) is 7.85. The second kappa shape index (κ2) is 8.52. The van der Waals surface area contributed by atoms with E-state index < -0.39 is 0 Å². The Balaban J connectivity index is 1.14. The van der Waals surface area contributed by atoms with Crippen molar-refractivity contribution in [2.24, 2.45) is 0 Å². The van der Waals surface area contributed by atoms with Crippen LogP contribution in [0.25, 0.3) is 0 Å². The van der Waals surface area contributed by atoms with Gasteiger partial charge in [0.25, 0.3) is 0 Å². The zero-order chi connectivity index (χ0) is 22.4. The van der Waals surface area contributed by atoms with Gasteiger partial charge in [0, 0.05) is 62.4 Å². The number of likely N-dealkylation sites (N-methyl/N-ethyl adjacent to an activating group) is 1. The number of piperazine rings is 1. The number of ether oxygens (including phenoxy) is 1. The van der Waals surface area contributed by atoms with Gasteiger partial charge in [-0.15, -0.1) is 0 Å². The highest BCUT2D eigenvalue weighted by molar-refractivity contribution is 5.75. The Morgan fingerprint density at radius 1 is 1.12 bits per heavy atom. The molecule has 4 aliphatic heterocycles. The van der Waals surface area contributed by atoms with E-state index in [0.717, 1.165) is 55.3 Å². The van der Waals surface area contributed by atoms with Crippen molar-refractivity contribution < 1.29 is 9.53 Å². The summed E-state index contributed by atoms with van der Waals surface area (Å²) in [5, 5.41) is 3.24. The number of anilines is 1. The van der Waals surface area contributed by atoms with Crippen LogP contribution in [0, 0.1) is 0 Å². The van der Waals surface area contributed by atoms with Crippen LogP contribution in [0.2, 0.25) is 0 Å². The maximum Gasteiger partial charge on any atom is 0.318 e. The van der Waals surface area contributed by atoms with Crippen LogP contribution in [0.1, 0.15) is 49.0 Å². The molecule has 33 heavy (non-hydrogen) atoms. The molecule has 2 amide bonds. The number of rotatable bonds is 3. The molecule has 1 aromatic carbocycles. The average molecular weight is 448 g/mol. The third kappa shape index (κ3) is 3.82. The first kappa shape index (κ1) is 20.8. The predicted octanol–water partition coefficient (Wildman–Crippen LogP) is 3.35. The Hall–Kier alpha value is -2.80. The zero-order valence-corrected chi connectivity index (χ0v) is 19.4. The van der Waals surface area contributed by atoms with Gasteiger partial charge in [-0.25, -0.2) is 9.78 Å². The summed E-state index contributed by atoms with van der Waals surface area (Å²) in [5.74, 6) is 2.01. The smallest absolute Gasteiger partial charge is 0.318 e. The van der Waals surface area contributed by atoms with Crippen molar-refractivity contribution in [3.05, 3.63) is 53.2 Å². The van der Waals surface area contributed by atoms with Gasteiger partial charge in [-0.2, -0.15) is 0 Å². The molecule has 6 rings (SSSR count). The molecule has 2 unspecified atom stereocenters. The lowest BCUT2D eigenvalue weighted by Gasteiger charge is -2.42. The van der Waals surface area contributed by atoms with Gasteiger partial charge < -0.3 is 19.9 Å². The van der Waals surface area contributed by atoms with E-state index in [4.69, 9.17) is 9.72 Å². The number of nitrogens with zero attached hydrogens (tertiary/aromatic N) is 4. The van der Waals surface area contributed by atoms with Gasteiger partial charge in [0.05, 0.1) is 12.6 Å². The molecule has 3 atom stereocenters. The molecule has 1 N–H and O–H groups in total. The lowest BCUT2D eigenvalue weighted by molar-refractivity contribution is 0.181. The Bertz CT molecular complexity index is 1030. The Kier molecular flexibility index (Phi) is 5.37. The lowest BCUT2D eigenvalue weighted by Crippen LogP contribution is -2.54. The monoisotopic (exact) mass is 447 g/mol. The number of carbonyl (C=O) groups is 1. The summed E-state index contributed by atoms with van der Waals surface area (Å²) < 4.78 is 5.74. The molecule has 2 fully saturated rings. The molecule has 0 saturated carbocycles. The van der Waals surface area contributed by atoms with Gasteiger partial charge in [-0.1, -0.05) is 31.2 Å². The number of pyridine rings is 1. The van der Waals surface area contributed by atoms with Crippen LogP contribution in [0.3, 0.4) is 0 Å². The van der Waals surface area contributed by atoms with Gasteiger partial charge in [0.1, 0.15) is 11.6 Å². The van der Waals surface area contributed by atoms with Crippen LogP contribution in [0.4, 0.5) is 10.6 Å². The van der Waals surface area contributed by atoms with Crippen molar-refractivity contribution in [2.45, 2.75) is 57.3 Å². The van der Waals surface area contributed by atoms with E-state index >= 15 is 0 Å². The third-order valence-corrected chi connectivity index (χ3v) is 7.85. The predicted molar refractivity (Wildman–Crippen MR) is 128 cm³/mol. The van der Waals surface area contributed by atoms with E-state index in [1.807, 2.05) is 29.2 Å². The van der Waals surface area contributed by atoms with Crippen LogP contribution in [0.5, 0.6) is 5.75 Å². The molecule has 2 bridgehead atoms. The number of para-hydroxylation sites is 1. The van der Waals surface area contributed by atoms with Crippen LogP contribution >= 0.6 is 0 Å². The molecule has 174 valence electrons. The molecular formula is C26H33N5O2. The minimum atomic E-state index is 0.000150. The molecule has 7 nitrogen and oxygen atoms in total. The second-order valence-corrected chi connectivity index (χ2v) is 9.77. The summed E-state index contributed by atoms with van der Waals surface area (Å²) >= 11 is 0. The zero-order valence-electron chi connectivity index (χ0n) is 19.4. The number of likely N-dealkylation sites (tertiary alicyclic amines) is 1. The normalized spacial score (nSPS) is 26.4. The number of hydrogen-bond donors (Lipinski definition) is 1. The van der Waals surface area contributed by atoms with Crippen LogP contribution in [-0.2, 0) is 13.0 Å². The number of amides is 2. The summed E-state index contributed by atoms with van der Waals surface area (Å²) in [6.45, 7) is 7.65. The first-order valence-electron chi connectivity index (χ1n) is 12.5. The standard InChI is InChI=1S/C26H33N5O2/c1-2-29-16-19-8-9-20(17-29)31(19)25-10-7-18-15-30(13-11-22(18)27-25)26(32)28-23-12-14-33-24-6-4-3-5-21(23)24/h3-7,10,19-20,23H,2,8-9,11-17H2,1H3,(H,28,32)/t19?,20?,23-/m0/s1. The fraction of sp³-hybridized carbons (Fsp3) is 0.538. The molecule has 4 aliphatic rings. The van der Waals surface area contributed by atoms with Crippen molar-refractivity contribution in [3.63, 3.8) is 0 Å². The molecule has 1 aromatic heterocycles. The largest absolute Gasteiger partial charge is 0.493 e. The molecular weight excluding hydrogens is 414 g/mol. The Morgan fingerprint density at radius 3 is 2.76 bits per heavy atom. The van der Waals surface area contributed by atoms with Gasteiger partial charge in [0.2, 0.25) is 0 Å². The summed E-state index contributed by atoms with van der Waals surface area (Å²) in [6.07, 6.45) is 4.14. The van der Waals surface area contributed by atoms with E-state index in [1.54, 1.807) is 0 Å². The average Bonchev–Trinajstić information content (AvgIpc) is 3.12. The number of carbonyl (C=O) groups excluding carboxylic acids is 1. The van der Waals surface area contributed by atoms with Crippen molar-refractivity contribution in [1.29, 1.82) is 0 Å². The van der Waals surface area contributed by atoms with Crippen molar-refractivity contribution in [3.8, 4) is 5.75 Å². The number of aromatic nitrogens is 1. The summed E-state index contributed by atoms with van der Waals surface area (Å²) in [5.41, 5.74) is 3.40. The van der Waals surface area contributed by atoms with Crippen LogP contribution < -0.4 is 15.0 Å². The van der Waals surface area contributed by atoms with E-state index in [1.165, 1.54) is 18.4 Å². The maximum absolute atomic E-state index is 13.1. The van der Waals surface area contributed by atoms with Crippen molar-refractivity contribution in [1.82, 2.24) is 20.1 Å². The SMILES string of the molecule is CCN1CC2CCC(C1)N2c1ccc2c(n1)CCN(C(=O)N[C@H]1CCOc3ccccc31)C2. The molecule has 5 heterocycles. The highest BCUT2D eigenvalue weighted by Crippen LogP contribution is 2.35. The van der Waals surface area contributed by atoms with Crippen molar-refractivity contribution >= 4 is 11.8 Å². The number of nitrogens with one attached hydrogen (secondary N) is 1. The number of urea groups is 1. The van der Waals surface area contributed by atoms with Crippen molar-refractivity contribution in [2.75, 3.05) is 37.7 Å². The Labute approximate surface area is 195 Å². The minimum absolute atomic E-state index is 0.000150. The first-order valence-corrected chi connectivity index (χ1v) is 12.5. The second-order valence-electron chi connectivity index (χ2n) is 9.77. The van der Waals surface area contributed by atoms with Crippen LogP contribution in [0.15, 0.2) is 36.4 Å². The number of fused-ring (bicyclic) bond motifs is 4. The topological polar surface area (TPSA) is 60.9 Å². The summed E-state index contributed by atoms with van der Waals surface area (Å²) in [6, 6.07) is 13.6. The molecule has 0 aliphatic carbocycles.